The van der Waals surface area contributed by atoms with Crippen LogP contribution in [0.3, 0.4) is 0 Å². The van der Waals surface area contributed by atoms with Gasteiger partial charge in [0.15, 0.2) is 0 Å². The molecule has 9 heteroatoms. The van der Waals surface area contributed by atoms with Gasteiger partial charge in [0.05, 0.1) is 13.2 Å². The van der Waals surface area contributed by atoms with Crippen molar-refractivity contribution >= 4 is 23.9 Å². The molecule has 36 heavy (non-hydrogen) atoms. The van der Waals surface area contributed by atoms with E-state index in [1.807, 2.05) is 13.8 Å². The lowest BCUT2D eigenvalue weighted by Gasteiger charge is -2.35. The Labute approximate surface area is 215 Å². The second-order valence-electron chi connectivity index (χ2n) is 10.2. The second kappa shape index (κ2) is 16.4. The number of amides is 2. The molecule has 2 amide bonds. The molecule has 2 atom stereocenters. The number of rotatable bonds is 13. The molecular weight excluding hydrogens is 464 g/mol. The Morgan fingerprint density at radius 2 is 1.50 bits per heavy atom. The fourth-order valence-corrected chi connectivity index (χ4v) is 5.14. The maximum atomic E-state index is 13.9. The maximum absolute atomic E-state index is 13.9. The fraction of sp³-hybridized carbons (Fsp3) is 0.852. The number of likely N-dealkylation sites (tertiary alicyclic amines) is 1. The lowest BCUT2D eigenvalue weighted by Crippen LogP contribution is -2.55. The smallest absolute Gasteiger partial charge is 0.410 e. The van der Waals surface area contributed by atoms with Crippen LogP contribution in [-0.2, 0) is 23.9 Å². The molecular formula is C27H46N2O7. The van der Waals surface area contributed by atoms with Crippen molar-refractivity contribution in [2.75, 3.05) is 26.3 Å². The Bertz CT molecular complexity index is 706. The Morgan fingerprint density at radius 1 is 0.889 bits per heavy atom. The topological polar surface area (TPSA) is 113 Å². The van der Waals surface area contributed by atoms with Gasteiger partial charge in [0.25, 0.3) is 0 Å². The summed E-state index contributed by atoms with van der Waals surface area (Å²) in [4.78, 5) is 54.2. The monoisotopic (exact) mass is 510 g/mol. The number of unbranched alkanes of at least 4 members (excludes halogenated alkanes) is 2. The predicted octanol–water partition coefficient (Wildman–Crippen LogP) is 4.76. The van der Waals surface area contributed by atoms with Crippen LogP contribution in [0.4, 0.5) is 4.79 Å². The molecule has 0 bridgehead atoms. The molecule has 1 unspecified atom stereocenters. The second-order valence-corrected chi connectivity index (χ2v) is 10.2. The molecule has 0 aromatic rings. The van der Waals surface area contributed by atoms with E-state index in [0.29, 0.717) is 38.6 Å². The van der Waals surface area contributed by atoms with E-state index >= 15 is 0 Å². The van der Waals surface area contributed by atoms with Crippen molar-refractivity contribution in [3.8, 4) is 0 Å². The number of hydrogen-bond donors (Lipinski definition) is 1. The Balaban J connectivity index is 2.31. The van der Waals surface area contributed by atoms with E-state index in [1.165, 1.54) is 16.2 Å². The minimum absolute atomic E-state index is 0.197. The van der Waals surface area contributed by atoms with E-state index in [4.69, 9.17) is 9.47 Å². The number of carbonyl (C=O) groups excluding carboxylic acids is 3. The third-order valence-electron chi connectivity index (χ3n) is 7.28. The molecule has 1 N–H and O–H groups in total. The van der Waals surface area contributed by atoms with Crippen molar-refractivity contribution in [3.05, 3.63) is 0 Å². The summed E-state index contributed by atoms with van der Waals surface area (Å²) in [5, 5.41) is 9.69. The van der Waals surface area contributed by atoms with Gasteiger partial charge in [0, 0.05) is 6.54 Å². The Hall–Kier alpha value is -2.32. The molecule has 2 aliphatic rings. The molecule has 2 rings (SSSR count). The molecule has 1 aliphatic carbocycles. The summed E-state index contributed by atoms with van der Waals surface area (Å²) in [6.45, 7) is 4.37. The van der Waals surface area contributed by atoms with Crippen LogP contribution < -0.4 is 0 Å². The van der Waals surface area contributed by atoms with E-state index in [0.717, 1.165) is 51.4 Å². The first-order valence-electron chi connectivity index (χ1n) is 14.0. The summed E-state index contributed by atoms with van der Waals surface area (Å²) >= 11 is 0. The van der Waals surface area contributed by atoms with Crippen LogP contribution in [0.2, 0.25) is 0 Å². The highest BCUT2D eigenvalue weighted by Gasteiger charge is 2.42. The van der Waals surface area contributed by atoms with Gasteiger partial charge in [-0.25, -0.2) is 9.59 Å². The highest BCUT2D eigenvalue weighted by Crippen LogP contribution is 2.30. The molecule has 1 heterocycles. The lowest BCUT2D eigenvalue weighted by molar-refractivity contribution is -0.152. The van der Waals surface area contributed by atoms with Gasteiger partial charge in [-0.1, -0.05) is 71.6 Å². The molecule has 9 nitrogen and oxygen atoms in total. The first kappa shape index (κ1) is 29.9. The van der Waals surface area contributed by atoms with E-state index < -0.39 is 36.0 Å². The maximum Gasteiger partial charge on any atom is 0.410 e. The molecule has 2 fully saturated rings. The zero-order valence-corrected chi connectivity index (χ0v) is 22.3. The van der Waals surface area contributed by atoms with Crippen molar-refractivity contribution in [1.82, 2.24) is 9.80 Å². The minimum Gasteiger partial charge on any atom is -0.480 e. The molecule has 0 spiro atoms. The van der Waals surface area contributed by atoms with Gasteiger partial charge in [0.2, 0.25) is 5.91 Å². The predicted molar refractivity (Wildman–Crippen MR) is 135 cm³/mol. The third-order valence-corrected chi connectivity index (χ3v) is 7.28. The normalized spacial score (nSPS) is 19.7. The number of carboxylic acids is 1. The fourth-order valence-electron chi connectivity index (χ4n) is 5.14. The largest absolute Gasteiger partial charge is 0.480 e. The van der Waals surface area contributed by atoms with E-state index in [1.54, 1.807) is 0 Å². The Kier molecular flexibility index (Phi) is 13.6. The van der Waals surface area contributed by atoms with Crippen LogP contribution in [0.1, 0.15) is 104 Å². The van der Waals surface area contributed by atoms with Gasteiger partial charge in [-0.15, -0.1) is 0 Å². The number of carbonyl (C=O) groups is 4. The van der Waals surface area contributed by atoms with Gasteiger partial charge < -0.3 is 19.5 Å². The van der Waals surface area contributed by atoms with E-state index in [9.17, 15) is 24.3 Å². The Morgan fingerprint density at radius 3 is 2.11 bits per heavy atom. The molecule has 206 valence electrons. The van der Waals surface area contributed by atoms with Crippen LogP contribution in [0.15, 0.2) is 0 Å². The summed E-state index contributed by atoms with van der Waals surface area (Å²) in [6, 6.07) is -1.87. The number of carboxylic acid groups (broad SMARTS) is 1. The first-order valence-corrected chi connectivity index (χ1v) is 14.0. The summed E-state index contributed by atoms with van der Waals surface area (Å²) in [7, 11) is 0. The van der Waals surface area contributed by atoms with Crippen LogP contribution in [0.25, 0.3) is 0 Å². The number of nitrogens with zero attached hydrogens (tertiary/aromatic N) is 2. The molecule has 1 aliphatic heterocycles. The van der Waals surface area contributed by atoms with Crippen molar-refractivity contribution in [3.63, 3.8) is 0 Å². The van der Waals surface area contributed by atoms with Crippen molar-refractivity contribution in [1.29, 1.82) is 0 Å². The van der Waals surface area contributed by atoms with Crippen molar-refractivity contribution in [2.24, 2.45) is 5.92 Å². The number of hydrogen-bond acceptors (Lipinski definition) is 6. The van der Waals surface area contributed by atoms with Crippen LogP contribution >= 0.6 is 0 Å². The van der Waals surface area contributed by atoms with Crippen LogP contribution in [-0.4, -0.2) is 77.2 Å². The van der Waals surface area contributed by atoms with E-state index in [-0.39, 0.29) is 25.7 Å². The highest BCUT2D eigenvalue weighted by atomic mass is 16.6. The van der Waals surface area contributed by atoms with Gasteiger partial charge in [0.1, 0.15) is 18.6 Å². The first-order chi connectivity index (χ1) is 17.4. The third kappa shape index (κ3) is 9.62. The molecule has 0 radical (unpaired) electrons. The number of ether oxygens (including phenoxy) is 2. The summed E-state index contributed by atoms with van der Waals surface area (Å²) in [6.07, 6.45) is 11.3. The quantitative estimate of drug-likeness (QED) is 0.281. The van der Waals surface area contributed by atoms with E-state index in [2.05, 4.69) is 0 Å². The zero-order valence-electron chi connectivity index (χ0n) is 22.3. The van der Waals surface area contributed by atoms with Crippen LogP contribution in [0, 0.1) is 5.92 Å². The summed E-state index contributed by atoms with van der Waals surface area (Å²) in [5.74, 6) is -1.81. The van der Waals surface area contributed by atoms with Gasteiger partial charge >= 0.3 is 18.0 Å². The molecule has 1 saturated heterocycles. The van der Waals surface area contributed by atoms with Gasteiger partial charge in [-0.3, -0.25) is 14.5 Å². The molecule has 0 aromatic heterocycles. The van der Waals surface area contributed by atoms with Crippen LogP contribution in [0.5, 0.6) is 0 Å². The molecule has 0 aromatic carbocycles. The zero-order chi connectivity index (χ0) is 26.3. The number of aliphatic carboxylic acids is 1. The lowest BCUT2D eigenvalue weighted by atomic mass is 9.86. The number of esters is 1. The SMILES string of the molecule is CCCCOC(=O)CN(C(=O)OCCCC)C(CC1CCCCCCC1)C(=O)N1CCC[C@H]1C(=O)O. The summed E-state index contributed by atoms with van der Waals surface area (Å²) in [5.41, 5.74) is 0. The summed E-state index contributed by atoms with van der Waals surface area (Å²) < 4.78 is 10.8. The average Bonchev–Trinajstić information content (AvgIpc) is 3.33. The van der Waals surface area contributed by atoms with Crippen molar-refractivity contribution in [2.45, 2.75) is 116 Å². The average molecular weight is 511 g/mol. The van der Waals surface area contributed by atoms with Gasteiger partial charge in [-0.2, -0.15) is 0 Å². The van der Waals surface area contributed by atoms with Gasteiger partial charge in [-0.05, 0) is 38.0 Å². The highest BCUT2D eigenvalue weighted by molar-refractivity contribution is 5.91. The standard InChI is InChI=1S/C27H46N2O7/c1-3-5-17-35-24(30)20-29(27(34)36-18-6-4-2)23(19-21-13-10-8-7-9-11-14-21)25(31)28-16-12-15-22(28)26(32)33/h21-23H,3-20H2,1-2H3,(H,32,33)/t22-,23?/m0/s1. The minimum atomic E-state index is -1.04. The molecule has 1 saturated carbocycles. The van der Waals surface area contributed by atoms with Crippen molar-refractivity contribution < 1.29 is 33.8 Å².